The van der Waals surface area contributed by atoms with E-state index in [2.05, 4.69) is 5.32 Å². The molecule has 0 fully saturated rings. The number of carbonyl (C=O) groups excluding carboxylic acids is 1. The van der Waals surface area contributed by atoms with Gasteiger partial charge < -0.3 is 15.0 Å². The second-order valence-corrected chi connectivity index (χ2v) is 5.51. The molecular weight excluding hydrogens is 240 g/mol. The number of carbonyl (C=O) groups is 2. The largest absolute Gasteiger partial charge is 0.477 e. The van der Waals surface area contributed by atoms with Crippen LogP contribution in [0.2, 0.25) is 0 Å². The summed E-state index contributed by atoms with van der Waals surface area (Å²) in [6, 6.07) is 1.50. The molecule has 1 amide bonds. The summed E-state index contributed by atoms with van der Waals surface area (Å²) >= 11 is 1.43. The average molecular weight is 254 g/mol. The lowest BCUT2D eigenvalue weighted by atomic mass is 10.1. The number of aromatic carboxylic acids is 1. The Morgan fingerprint density at radius 1 is 1.59 bits per heavy atom. The van der Waals surface area contributed by atoms with Gasteiger partial charge in [0, 0.05) is 7.05 Å². The minimum atomic E-state index is -0.988. The van der Waals surface area contributed by atoms with Gasteiger partial charge in [-0.25, -0.2) is 4.79 Å². The van der Waals surface area contributed by atoms with Crippen molar-refractivity contribution >= 4 is 29.3 Å². The maximum absolute atomic E-state index is 11.8. The Kier molecular flexibility index (Phi) is 2.91. The topological polar surface area (TPSA) is 71.3 Å². The Labute approximate surface area is 103 Å². The second kappa shape index (κ2) is 4.10. The number of rotatable bonds is 2. The van der Waals surface area contributed by atoms with Crippen molar-refractivity contribution in [2.75, 3.05) is 5.32 Å². The van der Waals surface area contributed by atoms with E-state index in [1.807, 2.05) is 13.8 Å². The monoisotopic (exact) mass is 254 g/mol. The summed E-state index contributed by atoms with van der Waals surface area (Å²) < 4.78 is 1.61. The molecule has 0 spiro atoms. The fourth-order valence-corrected chi connectivity index (χ4v) is 3.01. The van der Waals surface area contributed by atoms with E-state index in [9.17, 15) is 9.59 Å². The van der Waals surface area contributed by atoms with Gasteiger partial charge in [0.15, 0.2) is 0 Å². The highest BCUT2D eigenvalue weighted by molar-refractivity contribution is 8.00. The molecule has 0 saturated carbocycles. The van der Waals surface area contributed by atoms with Gasteiger partial charge in [-0.15, -0.1) is 0 Å². The van der Waals surface area contributed by atoms with Gasteiger partial charge in [-0.2, -0.15) is 0 Å². The summed E-state index contributed by atoms with van der Waals surface area (Å²) in [6.07, 6.45) is 0. The number of aromatic nitrogens is 1. The van der Waals surface area contributed by atoms with Crippen LogP contribution in [0.5, 0.6) is 0 Å². The SMILES string of the molecule is CC(C)C1Sc2c(cc(C(=O)O)n2C)NC1=O. The van der Waals surface area contributed by atoms with E-state index >= 15 is 0 Å². The Hall–Kier alpha value is -1.43. The fourth-order valence-electron chi connectivity index (χ4n) is 1.84. The standard InChI is InChI=1S/C11H14N2O3S/c1-5(2)8-9(14)12-6-4-7(11(15)16)13(3)10(6)17-8/h4-5,8H,1-3H3,(H,12,14)(H,15,16). The molecule has 0 aromatic carbocycles. The Morgan fingerprint density at radius 3 is 2.76 bits per heavy atom. The molecular formula is C11H14N2O3S. The van der Waals surface area contributed by atoms with Gasteiger partial charge in [0.1, 0.15) is 10.7 Å². The van der Waals surface area contributed by atoms with Gasteiger partial charge in [0.25, 0.3) is 0 Å². The molecule has 1 atom stereocenters. The van der Waals surface area contributed by atoms with Crippen molar-refractivity contribution in [3.8, 4) is 0 Å². The number of carboxylic acids is 1. The molecule has 1 aliphatic rings. The van der Waals surface area contributed by atoms with Crippen molar-refractivity contribution in [2.24, 2.45) is 13.0 Å². The Bertz CT molecular complexity index is 493. The van der Waals surface area contributed by atoms with Gasteiger partial charge in [-0.05, 0) is 12.0 Å². The molecule has 1 aromatic rings. The van der Waals surface area contributed by atoms with Crippen LogP contribution in [-0.2, 0) is 11.8 Å². The van der Waals surface area contributed by atoms with Crippen molar-refractivity contribution in [2.45, 2.75) is 24.1 Å². The van der Waals surface area contributed by atoms with Crippen LogP contribution >= 0.6 is 11.8 Å². The third kappa shape index (κ3) is 1.93. The first-order valence-electron chi connectivity index (χ1n) is 5.32. The van der Waals surface area contributed by atoms with Crippen molar-refractivity contribution in [1.29, 1.82) is 0 Å². The number of nitrogens with one attached hydrogen (secondary N) is 1. The maximum Gasteiger partial charge on any atom is 0.352 e. The normalized spacial score (nSPS) is 19.1. The van der Waals surface area contributed by atoms with Crippen molar-refractivity contribution in [3.63, 3.8) is 0 Å². The van der Waals surface area contributed by atoms with E-state index < -0.39 is 5.97 Å². The number of carboxylic acid groups (broad SMARTS) is 1. The summed E-state index contributed by atoms with van der Waals surface area (Å²) in [4.78, 5) is 22.8. The van der Waals surface area contributed by atoms with Crippen LogP contribution in [0, 0.1) is 5.92 Å². The molecule has 2 N–H and O–H groups in total. The third-order valence-electron chi connectivity index (χ3n) is 2.76. The third-order valence-corrected chi connectivity index (χ3v) is 4.49. The van der Waals surface area contributed by atoms with Crippen LogP contribution in [0.15, 0.2) is 11.1 Å². The van der Waals surface area contributed by atoms with E-state index in [0.29, 0.717) is 5.69 Å². The predicted octanol–water partition coefficient (Wildman–Crippen LogP) is 1.79. The first-order valence-corrected chi connectivity index (χ1v) is 6.20. The summed E-state index contributed by atoms with van der Waals surface area (Å²) in [5, 5.41) is 12.4. The molecule has 92 valence electrons. The van der Waals surface area contributed by atoms with E-state index in [0.717, 1.165) is 5.03 Å². The molecule has 1 aliphatic heterocycles. The van der Waals surface area contributed by atoms with Crippen LogP contribution in [0.1, 0.15) is 24.3 Å². The van der Waals surface area contributed by atoms with Crippen LogP contribution in [-0.4, -0.2) is 26.8 Å². The highest BCUT2D eigenvalue weighted by Gasteiger charge is 2.32. The van der Waals surface area contributed by atoms with Gasteiger partial charge in [0.05, 0.1) is 10.9 Å². The molecule has 0 radical (unpaired) electrons. The highest BCUT2D eigenvalue weighted by atomic mass is 32.2. The molecule has 0 aliphatic carbocycles. The van der Waals surface area contributed by atoms with Crippen LogP contribution in [0.3, 0.4) is 0 Å². The summed E-state index contributed by atoms with van der Waals surface area (Å²) in [5.41, 5.74) is 0.781. The zero-order valence-corrected chi connectivity index (χ0v) is 10.7. The summed E-state index contributed by atoms with van der Waals surface area (Å²) in [5.74, 6) is -0.839. The van der Waals surface area contributed by atoms with Crippen LogP contribution < -0.4 is 5.32 Å². The molecule has 0 saturated heterocycles. The minimum Gasteiger partial charge on any atom is -0.477 e. The van der Waals surface area contributed by atoms with Crippen molar-refractivity contribution < 1.29 is 14.7 Å². The second-order valence-electron chi connectivity index (χ2n) is 4.38. The molecule has 5 nitrogen and oxygen atoms in total. The Balaban J connectivity index is 2.43. The first-order chi connectivity index (χ1) is 7.91. The summed E-state index contributed by atoms with van der Waals surface area (Å²) in [7, 11) is 1.70. The first kappa shape index (κ1) is 12.0. The van der Waals surface area contributed by atoms with Crippen LogP contribution in [0.4, 0.5) is 5.69 Å². The van der Waals surface area contributed by atoms with Gasteiger partial charge in [-0.3, -0.25) is 4.79 Å². The number of fused-ring (bicyclic) bond motifs is 1. The predicted molar refractivity (Wildman–Crippen MR) is 65.5 cm³/mol. The maximum atomic E-state index is 11.8. The molecule has 17 heavy (non-hydrogen) atoms. The number of nitrogens with zero attached hydrogens (tertiary/aromatic N) is 1. The van der Waals surface area contributed by atoms with E-state index in [4.69, 9.17) is 5.11 Å². The fraction of sp³-hybridized carbons (Fsp3) is 0.455. The highest BCUT2D eigenvalue weighted by Crippen LogP contribution is 2.40. The molecule has 6 heteroatoms. The number of hydrogen-bond donors (Lipinski definition) is 2. The quantitative estimate of drug-likeness (QED) is 0.844. The number of thioether (sulfide) groups is 1. The van der Waals surface area contributed by atoms with Gasteiger partial charge in [0.2, 0.25) is 5.91 Å². The number of anilines is 1. The van der Waals surface area contributed by atoms with E-state index in [-0.39, 0.29) is 22.8 Å². The Morgan fingerprint density at radius 2 is 2.24 bits per heavy atom. The lowest BCUT2D eigenvalue weighted by Gasteiger charge is -2.25. The number of hydrogen-bond acceptors (Lipinski definition) is 3. The molecule has 2 heterocycles. The molecule has 2 rings (SSSR count). The van der Waals surface area contributed by atoms with Crippen molar-refractivity contribution in [3.05, 3.63) is 11.8 Å². The summed E-state index contributed by atoms with van der Waals surface area (Å²) in [6.45, 7) is 3.95. The molecule has 1 unspecified atom stereocenters. The lowest BCUT2D eigenvalue weighted by molar-refractivity contribution is -0.116. The number of amides is 1. The smallest absolute Gasteiger partial charge is 0.352 e. The minimum absolute atomic E-state index is 0.0555. The van der Waals surface area contributed by atoms with E-state index in [1.165, 1.54) is 17.8 Å². The average Bonchev–Trinajstić information content (AvgIpc) is 2.54. The van der Waals surface area contributed by atoms with Crippen molar-refractivity contribution in [1.82, 2.24) is 4.57 Å². The zero-order chi connectivity index (χ0) is 12.7. The van der Waals surface area contributed by atoms with E-state index in [1.54, 1.807) is 11.6 Å². The lowest BCUT2D eigenvalue weighted by Crippen LogP contribution is -2.32. The van der Waals surface area contributed by atoms with Gasteiger partial charge >= 0.3 is 5.97 Å². The molecule has 1 aromatic heterocycles. The zero-order valence-electron chi connectivity index (χ0n) is 9.85. The van der Waals surface area contributed by atoms with Gasteiger partial charge in [-0.1, -0.05) is 25.6 Å². The van der Waals surface area contributed by atoms with Crippen LogP contribution in [0.25, 0.3) is 0 Å². The molecule has 0 bridgehead atoms.